The molecule has 4 nitrogen and oxygen atoms in total. The Kier molecular flexibility index (Phi) is 4.03. The third-order valence-electron chi connectivity index (χ3n) is 3.99. The summed E-state index contributed by atoms with van der Waals surface area (Å²) in [7, 11) is 0. The van der Waals surface area contributed by atoms with Gasteiger partial charge in [-0.1, -0.05) is 41.7 Å². The van der Waals surface area contributed by atoms with Crippen molar-refractivity contribution in [2.24, 2.45) is 11.7 Å². The molecular weight excluding hydrogens is 274 g/mol. The van der Waals surface area contributed by atoms with Gasteiger partial charge in [-0.05, 0) is 30.9 Å². The maximum absolute atomic E-state index is 6.16. The van der Waals surface area contributed by atoms with Crippen LogP contribution in [-0.2, 0) is 6.42 Å². The molecule has 1 heterocycles. The van der Waals surface area contributed by atoms with Gasteiger partial charge in [0.05, 0.1) is 5.02 Å². The molecule has 1 saturated carbocycles. The van der Waals surface area contributed by atoms with Crippen molar-refractivity contribution in [2.45, 2.75) is 38.1 Å². The first-order valence-electron chi connectivity index (χ1n) is 7.07. The Morgan fingerprint density at radius 3 is 2.85 bits per heavy atom. The van der Waals surface area contributed by atoms with E-state index in [0.717, 1.165) is 24.8 Å². The van der Waals surface area contributed by atoms with E-state index >= 15 is 0 Å². The normalized spacial score (nSPS) is 22.9. The Morgan fingerprint density at radius 1 is 1.25 bits per heavy atom. The minimum atomic E-state index is 0.249. The van der Waals surface area contributed by atoms with Crippen molar-refractivity contribution in [3.8, 4) is 11.4 Å². The molecule has 2 N–H and O–H groups in total. The highest BCUT2D eigenvalue weighted by molar-refractivity contribution is 6.33. The molecule has 5 heteroatoms. The number of nitrogens with zero attached hydrogens (tertiary/aromatic N) is 2. The molecule has 0 saturated heterocycles. The van der Waals surface area contributed by atoms with Crippen molar-refractivity contribution in [3.05, 3.63) is 35.2 Å². The summed E-state index contributed by atoms with van der Waals surface area (Å²) >= 11 is 6.14. The summed E-state index contributed by atoms with van der Waals surface area (Å²) in [4.78, 5) is 4.45. The van der Waals surface area contributed by atoms with E-state index < -0.39 is 0 Å². The van der Waals surface area contributed by atoms with Gasteiger partial charge >= 0.3 is 0 Å². The Balaban J connectivity index is 1.75. The quantitative estimate of drug-likeness (QED) is 0.940. The molecule has 0 amide bonds. The molecule has 1 aromatic carbocycles. The lowest BCUT2D eigenvalue weighted by molar-refractivity contribution is 0.273. The summed E-state index contributed by atoms with van der Waals surface area (Å²) < 4.78 is 5.35. The molecule has 0 radical (unpaired) electrons. The molecule has 0 aliphatic heterocycles. The zero-order valence-electron chi connectivity index (χ0n) is 11.3. The van der Waals surface area contributed by atoms with Gasteiger partial charge in [-0.25, -0.2) is 0 Å². The first-order chi connectivity index (χ1) is 9.74. The average Bonchev–Trinajstić information content (AvgIpc) is 2.90. The van der Waals surface area contributed by atoms with Gasteiger partial charge in [-0.3, -0.25) is 0 Å². The molecule has 2 aromatic rings. The summed E-state index contributed by atoms with van der Waals surface area (Å²) in [6.07, 6.45) is 5.47. The number of aromatic nitrogens is 2. The van der Waals surface area contributed by atoms with Crippen LogP contribution in [0.25, 0.3) is 11.4 Å². The summed E-state index contributed by atoms with van der Waals surface area (Å²) in [5.74, 6) is 1.65. The van der Waals surface area contributed by atoms with Crippen LogP contribution in [-0.4, -0.2) is 16.2 Å². The van der Waals surface area contributed by atoms with E-state index in [-0.39, 0.29) is 6.04 Å². The fourth-order valence-corrected chi connectivity index (χ4v) is 3.02. The number of benzene rings is 1. The van der Waals surface area contributed by atoms with Crippen LogP contribution in [0.4, 0.5) is 0 Å². The second kappa shape index (κ2) is 5.94. The number of hydrogen-bond donors (Lipinski definition) is 1. The van der Waals surface area contributed by atoms with Gasteiger partial charge in [0.2, 0.25) is 11.7 Å². The van der Waals surface area contributed by atoms with Gasteiger partial charge in [-0.15, -0.1) is 0 Å². The molecule has 1 aliphatic carbocycles. The molecule has 106 valence electrons. The van der Waals surface area contributed by atoms with Crippen LogP contribution in [0.1, 0.15) is 31.6 Å². The monoisotopic (exact) mass is 291 g/mol. The zero-order valence-corrected chi connectivity index (χ0v) is 12.0. The number of halogens is 1. The molecular formula is C15H18ClN3O. The highest BCUT2D eigenvalue weighted by atomic mass is 35.5. The standard InChI is InChI=1S/C15H18ClN3O/c16-12-7-3-2-6-11(12)15-18-14(20-19-15)9-10-5-1-4-8-13(10)17/h2-3,6-7,10,13H,1,4-5,8-9,17H2. The van der Waals surface area contributed by atoms with E-state index in [4.69, 9.17) is 21.9 Å². The number of rotatable bonds is 3. The van der Waals surface area contributed by atoms with Gasteiger partial charge < -0.3 is 10.3 Å². The second-order valence-electron chi connectivity index (χ2n) is 5.40. The molecule has 1 fully saturated rings. The summed E-state index contributed by atoms with van der Waals surface area (Å²) in [5.41, 5.74) is 6.96. The van der Waals surface area contributed by atoms with Crippen LogP contribution in [0.2, 0.25) is 5.02 Å². The van der Waals surface area contributed by atoms with Crippen molar-refractivity contribution < 1.29 is 4.52 Å². The zero-order chi connectivity index (χ0) is 13.9. The predicted molar refractivity (Wildman–Crippen MR) is 78.4 cm³/mol. The van der Waals surface area contributed by atoms with E-state index in [1.54, 1.807) is 0 Å². The highest BCUT2D eigenvalue weighted by Gasteiger charge is 2.24. The topological polar surface area (TPSA) is 64.9 Å². The van der Waals surface area contributed by atoms with Gasteiger partial charge in [0.1, 0.15) is 0 Å². The molecule has 3 rings (SSSR count). The van der Waals surface area contributed by atoms with Crippen LogP contribution in [0, 0.1) is 5.92 Å². The van der Waals surface area contributed by atoms with Crippen molar-refractivity contribution in [3.63, 3.8) is 0 Å². The molecule has 20 heavy (non-hydrogen) atoms. The summed E-state index contributed by atoms with van der Waals surface area (Å²) in [5, 5.41) is 4.66. The molecule has 1 aromatic heterocycles. The molecule has 2 atom stereocenters. The van der Waals surface area contributed by atoms with E-state index in [1.807, 2.05) is 24.3 Å². The minimum Gasteiger partial charge on any atom is -0.339 e. The van der Waals surface area contributed by atoms with Gasteiger partial charge in [0, 0.05) is 18.0 Å². The summed E-state index contributed by atoms with van der Waals surface area (Å²) in [6.45, 7) is 0. The smallest absolute Gasteiger partial charge is 0.227 e. The van der Waals surface area contributed by atoms with E-state index in [2.05, 4.69) is 10.1 Å². The van der Waals surface area contributed by atoms with Crippen molar-refractivity contribution in [2.75, 3.05) is 0 Å². The van der Waals surface area contributed by atoms with Crippen LogP contribution in [0.5, 0.6) is 0 Å². The minimum absolute atomic E-state index is 0.249. The Labute approximate surface area is 123 Å². The lowest BCUT2D eigenvalue weighted by atomic mass is 9.83. The number of nitrogens with two attached hydrogens (primary N) is 1. The molecule has 1 aliphatic rings. The SMILES string of the molecule is NC1CCCCC1Cc1nc(-c2ccccc2Cl)no1. The fraction of sp³-hybridized carbons (Fsp3) is 0.467. The van der Waals surface area contributed by atoms with E-state index in [1.165, 1.54) is 12.8 Å². The third-order valence-corrected chi connectivity index (χ3v) is 4.32. The Bertz CT molecular complexity index is 584. The van der Waals surface area contributed by atoms with E-state index in [9.17, 15) is 0 Å². The lowest BCUT2D eigenvalue weighted by Gasteiger charge is -2.27. The van der Waals surface area contributed by atoms with Gasteiger partial charge in [0.25, 0.3) is 0 Å². The Hall–Kier alpha value is -1.39. The first kappa shape index (κ1) is 13.6. The second-order valence-corrected chi connectivity index (χ2v) is 5.81. The van der Waals surface area contributed by atoms with Crippen LogP contribution in [0.15, 0.2) is 28.8 Å². The van der Waals surface area contributed by atoms with Crippen molar-refractivity contribution in [1.82, 2.24) is 10.1 Å². The first-order valence-corrected chi connectivity index (χ1v) is 7.45. The van der Waals surface area contributed by atoms with Crippen LogP contribution in [0.3, 0.4) is 0 Å². The van der Waals surface area contributed by atoms with Crippen molar-refractivity contribution >= 4 is 11.6 Å². The number of hydrogen-bond acceptors (Lipinski definition) is 4. The molecule has 0 bridgehead atoms. The van der Waals surface area contributed by atoms with E-state index in [0.29, 0.717) is 22.7 Å². The summed E-state index contributed by atoms with van der Waals surface area (Å²) in [6, 6.07) is 7.76. The largest absolute Gasteiger partial charge is 0.339 e. The molecule has 2 unspecified atom stereocenters. The highest BCUT2D eigenvalue weighted by Crippen LogP contribution is 2.28. The van der Waals surface area contributed by atoms with Crippen LogP contribution >= 0.6 is 11.6 Å². The maximum atomic E-state index is 6.16. The van der Waals surface area contributed by atoms with Gasteiger partial charge in [-0.2, -0.15) is 4.98 Å². The fourth-order valence-electron chi connectivity index (χ4n) is 2.80. The predicted octanol–water partition coefficient (Wildman–Crippen LogP) is 3.45. The van der Waals surface area contributed by atoms with Gasteiger partial charge in [0.15, 0.2) is 0 Å². The lowest BCUT2D eigenvalue weighted by Crippen LogP contribution is -2.34. The Morgan fingerprint density at radius 2 is 2.05 bits per heavy atom. The average molecular weight is 292 g/mol. The maximum Gasteiger partial charge on any atom is 0.227 e. The third kappa shape index (κ3) is 2.86. The van der Waals surface area contributed by atoms with Crippen LogP contribution < -0.4 is 5.73 Å². The van der Waals surface area contributed by atoms with Crippen molar-refractivity contribution in [1.29, 1.82) is 0 Å². The molecule has 0 spiro atoms.